The van der Waals surface area contributed by atoms with Crippen LogP contribution in [0.4, 0.5) is 0 Å². The highest BCUT2D eigenvalue weighted by atomic mass is 16.5. The molecule has 2 aliphatic heterocycles. The molecule has 2 atom stereocenters. The molecule has 1 aromatic heterocycles. The van der Waals surface area contributed by atoms with E-state index in [1.54, 1.807) is 19.2 Å². The summed E-state index contributed by atoms with van der Waals surface area (Å²) in [6.45, 7) is 2.67. The number of ether oxygens (including phenoxy) is 1. The third-order valence-corrected chi connectivity index (χ3v) is 4.34. The van der Waals surface area contributed by atoms with Gasteiger partial charge in [-0.2, -0.15) is 0 Å². The van der Waals surface area contributed by atoms with E-state index in [4.69, 9.17) is 9.15 Å². The molecule has 5 nitrogen and oxygen atoms in total. The van der Waals surface area contributed by atoms with Gasteiger partial charge in [0.05, 0.1) is 0 Å². The molecule has 2 aliphatic rings. The predicted octanol–water partition coefficient (Wildman–Crippen LogP) is 1.78. The van der Waals surface area contributed by atoms with Gasteiger partial charge in [-0.15, -0.1) is 0 Å². The third kappa shape index (κ3) is 2.74. The molecule has 1 amide bonds. The van der Waals surface area contributed by atoms with Crippen LogP contribution in [0.1, 0.15) is 42.0 Å². The van der Waals surface area contributed by atoms with Gasteiger partial charge in [-0.05, 0) is 37.9 Å². The van der Waals surface area contributed by atoms with Gasteiger partial charge in [-0.1, -0.05) is 6.42 Å². The Hall–Kier alpha value is -1.33. The fourth-order valence-electron chi connectivity index (χ4n) is 3.38. The van der Waals surface area contributed by atoms with Crippen LogP contribution in [0.5, 0.6) is 0 Å². The number of methoxy groups -OCH3 is 1. The molecule has 5 heteroatoms. The number of carbonyl (C=O) groups is 1. The number of fused-ring (bicyclic) bond motifs is 1. The first kappa shape index (κ1) is 13.6. The van der Waals surface area contributed by atoms with Gasteiger partial charge in [-0.25, -0.2) is 0 Å². The van der Waals surface area contributed by atoms with Gasteiger partial charge >= 0.3 is 0 Å². The molecule has 1 aromatic rings. The standard InChI is InChI=1S/C15H22N2O3/c1-19-10-11-5-6-14(20-11)15(18)16-12-7-9-17-8-3-2-4-13(12)17/h5-6,12-13H,2-4,7-10H2,1H3,(H,16,18). The zero-order valence-electron chi connectivity index (χ0n) is 11.9. The zero-order chi connectivity index (χ0) is 13.9. The maximum atomic E-state index is 12.2. The second-order valence-electron chi connectivity index (χ2n) is 5.67. The van der Waals surface area contributed by atoms with E-state index in [1.165, 1.54) is 25.8 Å². The molecule has 0 saturated carbocycles. The van der Waals surface area contributed by atoms with Gasteiger partial charge < -0.3 is 14.5 Å². The van der Waals surface area contributed by atoms with E-state index < -0.39 is 0 Å². The summed E-state index contributed by atoms with van der Waals surface area (Å²) in [7, 11) is 1.61. The van der Waals surface area contributed by atoms with Crippen LogP contribution in [-0.2, 0) is 11.3 Å². The topological polar surface area (TPSA) is 54.7 Å². The Bertz CT molecular complexity index is 471. The minimum Gasteiger partial charge on any atom is -0.453 e. The van der Waals surface area contributed by atoms with Crippen molar-refractivity contribution in [1.82, 2.24) is 10.2 Å². The number of hydrogen-bond acceptors (Lipinski definition) is 4. The highest BCUT2D eigenvalue weighted by molar-refractivity contribution is 5.91. The predicted molar refractivity (Wildman–Crippen MR) is 74.5 cm³/mol. The minimum atomic E-state index is -0.107. The van der Waals surface area contributed by atoms with Crippen molar-refractivity contribution in [3.05, 3.63) is 23.7 Å². The Morgan fingerprint density at radius 1 is 1.40 bits per heavy atom. The summed E-state index contributed by atoms with van der Waals surface area (Å²) < 4.78 is 10.5. The molecule has 0 aromatic carbocycles. The summed E-state index contributed by atoms with van der Waals surface area (Å²) >= 11 is 0. The number of carbonyl (C=O) groups excluding carboxylic acids is 1. The summed E-state index contributed by atoms with van der Waals surface area (Å²) in [5.74, 6) is 0.958. The summed E-state index contributed by atoms with van der Waals surface area (Å²) in [4.78, 5) is 14.7. The molecule has 0 radical (unpaired) electrons. The molecule has 2 saturated heterocycles. The Balaban J connectivity index is 1.60. The smallest absolute Gasteiger partial charge is 0.287 e. The second-order valence-corrected chi connectivity index (χ2v) is 5.67. The first-order chi connectivity index (χ1) is 9.78. The van der Waals surface area contributed by atoms with Crippen LogP contribution >= 0.6 is 0 Å². The molecule has 0 aliphatic carbocycles. The number of hydrogen-bond donors (Lipinski definition) is 1. The average Bonchev–Trinajstić information content (AvgIpc) is 3.07. The zero-order valence-corrected chi connectivity index (χ0v) is 11.9. The lowest BCUT2D eigenvalue weighted by atomic mass is 9.99. The lowest BCUT2D eigenvalue weighted by molar-refractivity contribution is 0.0879. The van der Waals surface area contributed by atoms with Crippen LogP contribution in [0.2, 0.25) is 0 Å². The third-order valence-electron chi connectivity index (χ3n) is 4.34. The number of amides is 1. The molecule has 110 valence electrons. The number of nitrogens with one attached hydrogen (secondary N) is 1. The molecule has 0 spiro atoms. The highest BCUT2D eigenvalue weighted by Crippen LogP contribution is 2.27. The molecule has 20 heavy (non-hydrogen) atoms. The molecular formula is C15H22N2O3. The van der Waals surface area contributed by atoms with E-state index in [9.17, 15) is 4.79 Å². The van der Waals surface area contributed by atoms with Gasteiger partial charge in [0.1, 0.15) is 12.4 Å². The van der Waals surface area contributed by atoms with Crippen LogP contribution in [-0.4, -0.2) is 43.1 Å². The van der Waals surface area contributed by atoms with E-state index in [-0.39, 0.29) is 11.9 Å². The minimum absolute atomic E-state index is 0.107. The number of rotatable bonds is 4. The maximum absolute atomic E-state index is 12.2. The molecule has 2 unspecified atom stereocenters. The molecule has 1 N–H and O–H groups in total. The maximum Gasteiger partial charge on any atom is 0.287 e. The van der Waals surface area contributed by atoms with Crippen molar-refractivity contribution in [2.45, 2.75) is 44.4 Å². The van der Waals surface area contributed by atoms with Gasteiger partial charge in [0.15, 0.2) is 5.76 Å². The van der Waals surface area contributed by atoms with Crippen molar-refractivity contribution in [2.75, 3.05) is 20.2 Å². The normalized spacial score (nSPS) is 26.4. The number of furan rings is 1. The Morgan fingerprint density at radius 3 is 3.15 bits per heavy atom. The fourth-order valence-corrected chi connectivity index (χ4v) is 3.38. The van der Waals surface area contributed by atoms with Crippen molar-refractivity contribution in [3.8, 4) is 0 Å². The van der Waals surface area contributed by atoms with E-state index in [1.807, 2.05) is 0 Å². The largest absolute Gasteiger partial charge is 0.453 e. The second kappa shape index (κ2) is 5.97. The quantitative estimate of drug-likeness (QED) is 0.912. The van der Waals surface area contributed by atoms with Crippen molar-refractivity contribution in [2.24, 2.45) is 0 Å². The first-order valence-electron chi connectivity index (χ1n) is 7.40. The van der Waals surface area contributed by atoms with Crippen LogP contribution in [0.25, 0.3) is 0 Å². The van der Waals surface area contributed by atoms with Crippen molar-refractivity contribution >= 4 is 5.91 Å². The van der Waals surface area contributed by atoms with E-state index in [2.05, 4.69) is 10.2 Å². The van der Waals surface area contributed by atoms with Crippen molar-refractivity contribution < 1.29 is 13.9 Å². The van der Waals surface area contributed by atoms with Crippen molar-refractivity contribution in [1.29, 1.82) is 0 Å². The fraction of sp³-hybridized carbons (Fsp3) is 0.667. The summed E-state index contributed by atoms with van der Waals surface area (Å²) in [6.07, 6.45) is 4.79. The molecule has 2 fully saturated rings. The van der Waals surface area contributed by atoms with Gasteiger partial charge in [0.2, 0.25) is 0 Å². The van der Waals surface area contributed by atoms with E-state index >= 15 is 0 Å². The van der Waals surface area contributed by atoms with Crippen LogP contribution in [0, 0.1) is 0 Å². The number of piperidine rings is 1. The first-order valence-corrected chi connectivity index (χ1v) is 7.40. The van der Waals surface area contributed by atoms with Crippen LogP contribution in [0.15, 0.2) is 16.5 Å². The van der Waals surface area contributed by atoms with E-state index in [0.717, 1.165) is 13.0 Å². The average molecular weight is 278 g/mol. The SMILES string of the molecule is COCc1ccc(C(=O)NC2CCN3CCCCC23)o1. The summed E-state index contributed by atoms with van der Waals surface area (Å²) in [5.41, 5.74) is 0. The van der Waals surface area contributed by atoms with Crippen molar-refractivity contribution in [3.63, 3.8) is 0 Å². The Labute approximate surface area is 119 Å². The lowest BCUT2D eigenvalue weighted by Crippen LogP contribution is -2.46. The van der Waals surface area contributed by atoms with Crippen LogP contribution in [0.3, 0.4) is 0 Å². The Kier molecular flexibility index (Phi) is 4.08. The molecule has 0 bridgehead atoms. The summed E-state index contributed by atoms with van der Waals surface area (Å²) in [6, 6.07) is 4.29. The Morgan fingerprint density at radius 2 is 2.30 bits per heavy atom. The highest BCUT2D eigenvalue weighted by Gasteiger charge is 2.36. The lowest BCUT2D eigenvalue weighted by Gasteiger charge is -2.32. The molecule has 3 heterocycles. The molecular weight excluding hydrogens is 256 g/mol. The monoisotopic (exact) mass is 278 g/mol. The van der Waals surface area contributed by atoms with Gasteiger partial charge in [-0.3, -0.25) is 9.69 Å². The van der Waals surface area contributed by atoms with Gasteiger partial charge in [0, 0.05) is 25.7 Å². The molecule has 3 rings (SSSR count). The van der Waals surface area contributed by atoms with E-state index in [0.29, 0.717) is 24.2 Å². The van der Waals surface area contributed by atoms with Crippen LogP contribution < -0.4 is 5.32 Å². The van der Waals surface area contributed by atoms with Gasteiger partial charge in [0.25, 0.3) is 5.91 Å². The number of nitrogens with zero attached hydrogens (tertiary/aromatic N) is 1. The summed E-state index contributed by atoms with van der Waals surface area (Å²) in [5, 5.41) is 3.13.